The Morgan fingerprint density at radius 3 is 1.15 bits per heavy atom. The monoisotopic (exact) mass is 338 g/mol. The van der Waals surface area contributed by atoms with Crippen LogP contribution in [0.1, 0.15) is 27.7 Å². The van der Waals surface area contributed by atoms with Gasteiger partial charge >= 0.3 is 0 Å². The summed E-state index contributed by atoms with van der Waals surface area (Å²) in [6.45, 7) is 7.81. The van der Waals surface area contributed by atoms with Gasteiger partial charge < -0.3 is 10.2 Å². The Morgan fingerprint density at radius 2 is 1.15 bits per heavy atom. The summed E-state index contributed by atoms with van der Waals surface area (Å²) in [7, 11) is -7.33. The Bertz CT molecular complexity index is 384. The lowest BCUT2D eigenvalue weighted by Crippen LogP contribution is -2.33. The number of rotatable bonds is 2. The first-order valence-corrected chi connectivity index (χ1v) is 9.23. The van der Waals surface area contributed by atoms with E-state index in [0.717, 1.165) is 0 Å². The van der Waals surface area contributed by atoms with E-state index in [4.69, 9.17) is 14.2 Å². The van der Waals surface area contributed by atoms with Gasteiger partial charge in [-0.25, -0.2) is 0 Å². The van der Waals surface area contributed by atoms with Crippen molar-refractivity contribution in [3.8, 4) is 0 Å². The minimum atomic E-state index is -3.67. The Labute approximate surface area is 121 Å². The molecule has 126 valence electrons. The minimum Gasteiger partial charge on any atom is -0.396 e. The average Bonchev–Trinajstić information content (AvgIpc) is 1.92. The molecule has 20 heavy (non-hydrogen) atoms. The molecule has 0 heterocycles. The minimum absolute atomic E-state index is 0.0110. The summed E-state index contributed by atoms with van der Waals surface area (Å²) in [5, 5.41) is 18.1. The van der Waals surface area contributed by atoms with Gasteiger partial charge in [0.15, 0.2) is 0 Å². The van der Waals surface area contributed by atoms with Crippen LogP contribution in [0, 0.1) is 11.3 Å². The van der Waals surface area contributed by atoms with E-state index < -0.39 is 26.3 Å². The predicted octanol–water partition coefficient (Wildman–Crippen LogP) is 0.0298. The number of hydrogen-bond acceptors (Lipinski definition) is 6. The van der Waals surface area contributed by atoms with Crippen LogP contribution in [0.4, 0.5) is 0 Å². The van der Waals surface area contributed by atoms with Gasteiger partial charge in [-0.15, -0.1) is 0 Å². The molecule has 0 aliphatic rings. The van der Waals surface area contributed by atoms with Crippen LogP contribution in [-0.4, -0.2) is 61.4 Å². The average molecular weight is 338 g/mol. The first kappa shape index (κ1) is 24.7. The Kier molecular flexibility index (Phi) is 11.9. The molecule has 0 aromatic heterocycles. The summed E-state index contributed by atoms with van der Waals surface area (Å²) in [5.74, 6) is -0.0208. The fourth-order valence-corrected chi connectivity index (χ4v) is 1.15. The van der Waals surface area contributed by atoms with Gasteiger partial charge in [-0.05, 0) is 12.3 Å². The fourth-order valence-electron chi connectivity index (χ4n) is 1.15. The van der Waals surface area contributed by atoms with Crippen LogP contribution in [0.3, 0.4) is 0 Å². The highest BCUT2D eigenvalue weighted by Crippen LogP contribution is 2.27. The molecule has 2 atom stereocenters. The van der Waals surface area contributed by atoms with E-state index in [1.54, 1.807) is 6.92 Å². The van der Waals surface area contributed by atoms with Gasteiger partial charge in [0, 0.05) is 12.5 Å². The van der Waals surface area contributed by atoms with E-state index in [1.165, 1.54) is 0 Å². The highest BCUT2D eigenvalue weighted by Gasteiger charge is 2.27. The molecule has 0 amide bonds. The molecular formula is C10H26O8S2. The maximum atomic E-state index is 9.19. The fraction of sp³-hybridized carbons (Fsp3) is 1.00. The summed E-state index contributed by atoms with van der Waals surface area (Å²) >= 11 is 0. The van der Waals surface area contributed by atoms with E-state index in [0.29, 0.717) is 12.5 Å². The first-order valence-electron chi connectivity index (χ1n) is 5.53. The lowest BCUT2D eigenvalue weighted by atomic mass is 9.78. The van der Waals surface area contributed by atoms with Gasteiger partial charge in [-0.3, -0.25) is 9.11 Å². The highest BCUT2D eigenvalue weighted by atomic mass is 32.2. The first-order chi connectivity index (χ1) is 8.39. The smallest absolute Gasteiger partial charge is 0.261 e. The third-order valence-corrected chi connectivity index (χ3v) is 1.89. The quantitative estimate of drug-likeness (QED) is 0.515. The lowest BCUT2D eigenvalue weighted by Gasteiger charge is -2.31. The molecule has 4 N–H and O–H groups in total. The number of aliphatic hydroxyl groups is 2. The van der Waals surface area contributed by atoms with Crippen LogP contribution >= 0.6 is 0 Å². The molecule has 0 spiro atoms. The molecule has 0 rings (SSSR count). The number of hydrogen-bond donors (Lipinski definition) is 4. The zero-order valence-corrected chi connectivity index (χ0v) is 14.2. The molecule has 0 saturated carbocycles. The lowest BCUT2D eigenvalue weighted by molar-refractivity contribution is 0.0164. The Hall–Kier alpha value is -0.260. The normalized spacial score (nSPS) is 15.1. The van der Waals surface area contributed by atoms with Crippen LogP contribution < -0.4 is 0 Å². The van der Waals surface area contributed by atoms with E-state index in [1.807, 2.05) is 20.8 Å². The van der Waals surface area contributed by atoms with Gasteiger partial charge in [0.2, 0.25) is 0 Å². The van der Waals surface area contributed by atoms with Crippen molar-refractivity contribution in [3.63, 3.8) is 0 Å². The largest absolute Gasteiger partial charge is 0.396 e. The topological polar surface area (TPSA) is 149 Å². The molecule has 10 heteroatoms. The zero-order chi connectivity index (χ0) is 17.4. The molecule has 0 fully saturated rings. The summed E-state index contributed by atoms with van der Waals surface area (Å²) in [5.41, 5.74) is -0.0110. The van der Waals surface area contributed by atoms with Crippen molar-refractivity contribution in [1.82, 2.24) is 0 Å². The molecule has 0 radical (unpaired) electrons. The number of aliphatic hydroxyl groups excluding tert-OH is 2. The SMILES string of the molecule is CC(O)C(CO)C(C)(C)C.CS(=O)(=O)O.CS(=O)(=O)O. The van der Waals surface area contributed by atoms with Crippen molar-refractivity contribution in [2.24, 2.45) is 11.3 Å². The van der Waals surface area contributed by atoms with E-state index >= 15 is 0 Å². The second-order valence-corrected chi connectivity index (χ2v) is 8.29. The van der Waals surface area contributed by atoms with E-state index in [2.05, 4.69) is 0 Å². The summed E-state index contributed by atoms with van der Waals surface area (Å²) < 4.78 is 51.7. The maximum Gasteiger partial charge on any atom is 0.261 e. The Morgan fingerprint density at radius 1 is 0.950 bits per heavy atom. The molecule has 0 aromatic carbocycles. The summed E-state index contributed by atoms with van der Waals surface area (Å²) in [6, 6.07) is 0. The second-order valence-electron chi connectivity index (χ2n) is 5.36. The molecule has 8 nitrogen and oxygen atoms in total. The van der Waals surface area contributed by atoms with Gasteiger partial charge in [0.05, 0.1) is 18.6 Å². The van der Waals surface area contributed by atoms with Crippen LogP contribution in [0.25, 0.3) is 0 Å². The van der Waals surface area contributed by atoms with E-state index in [9.17, 15) is 21.9 Å². The molecule has 0 aliphatic carbocycles. The van der Waals surface area contributed by atoms with Crippen LogP contribution in [-0.2, 0) is 20.2 Å². The summed E-state index contributed by atoms with van der Waals surface area (Å²) in [6.07, 6.45) is 1.00. The van der Waals surface area contributed by atoms with Crippen molar-refractivity contribution in [1.29, 1.82) is 0 Å². The standard InChI is InChI=1S/C8H18O2.2CH4O3S/c1-6(10)7(5-9)8(2,3)4;2*1-5(2,3)4/h6-7,9-10H,5H2,1-4H3;2*1H3,(H,2,3,4). The second kappa shape index (κ2) is 9.64. The Balaban J connectivity index is -0.000000244. The third kappa shape index (κ3) is 36.1. The van der Waals surface area contributed by atoms with Crippen molar-refractivity contribution >= 4 is 20.2 Å². The van der Waals surface area contributed by atoms with Gasteiger partial charge in [0.1, 0.15) is 0 Å². The molecule has 0 bridgehead atoms. The zero-order valence-electron chi connectivity index (χ0n) is 12.6. The molecule has 0 aromatic rings. The van der Waals surface area contributed by atoms with Gasteiger partial charge in [0.25, 0.3) is 20.2 Å². The molecule has 0 saturated heterocycles. The van der Waals surface area contributed by atoms with Crippen molar-refractivity contribution in [2.45, 2.75) is 33.8 Å². The van der Waals surface area contributed by atoms with E-state index in [-0.39, 0.29) is 17.9 Å². The van der Waals surface area contributed by atoms with Crippen molar-refractivity contribution in [3.05, 3.63) is 0 Å². The van der Waals surface area contributed by atoms with Gasteiger partial charge in [-0.1, -0.05) is 20.8 Å². The van der Waals surface area contributed by atoms with Crippen molar-refractivity contribution in [2.75, 3.05) is 19.1 Å². The molecule has 0 aliphatic heterocycles. The molecule has 2 unspecified atom stereocenters. The van der Waals surface area contributed by atoms with Gasteiger partial charge in [-0.2, -0.15) is 16.8 Å². The van der Waals surface area contributed by atoms with Crippen LogP contribution in [0.2, 0.25) is 0 Å². The summed E-state index contributed by atoms with van der Waals surface area (Å²) in [4.78, 5) is 0. The predicted molar refractivity (Wildman–Crippen MR) is 76.7 cm³/mol. The van der Waals surface area contributed by atoms with Crippen molar-refractivity contribution < 1.29 is 36.2 Å². The van der Waals surface area contributed by atoms with Crippen LogP contribution in [0.15, 0.2) is 0 Å². The third-order valence-electron chi connectivity index (χ3n) is 1.89. The maximum absolute atomic E-state index is 9.19. The highest BCUT2D eigenvalue weighted by molar-refractivity contribution is 7.85. The van der Waals surface area contributed by atoms with Crippen LogP contribution in [0.5, 0.6) is 0 Å². The molecular weight excluding hydrogens is 312 g/mol.